The molecule has 0 unspecified atom stereocenters. The minimum absolute atomic E-state index is 0.128. The lowest BCUT2D eigenvalue weighted by molar-refractivity contribution is -0.133. The molecule has 0 bridgehead atoms. The number of halogens is 1. The summed E-state index contributed by atoms with van der Waals surface area (Å²) in [5, 5.41) is 18.4. The second kappa shape index (κ2) is 6.43. The van der Waals surface area contributed by atoms with Gasteiger partial charge in [0.2, 0.25) is 0 Å². The maximum atomic E-state index is 11.9. The first-order chi connectivity index (χ1) is 10.0. The van der Waals surface area contributed by atoms with Gasteiger partial charge in [0.25, 0.3) is 5.56 Å². The molecule has 1 aromatic carbocycles. The van der Waals surface area contributed by atoms with E-state index in [9.17, 15) is 9.59 Å². The first-order valence-electron chi connectivity index (χ1n) is 5.66. The number of nitrogens with zero attached hydrogens (tertiary/aromatic N) is 2. The van der Waals surface area contributed by atoms with Gasteiger partial charge in [0, 0.05) is 10.6 Å². The van der Waals surface area contributed by atoms with Crippen molar-refractivity contribution in [2.75, 3.05) is 5.75 Å². The number of aliphatic carboxylic acids is 1. The van der Waals surface area contributed by atoms with Crippen LogP contribution in [0, 0.1) is 11.3 Å². The van der Waals surface area contributed by atoms with Gasteiger partial charge in [0.15, 0.2) is 5.16 Å². The number of H-pyrrole nitrogens is 1. The lowest BCUT2D eigenvalue weighted by Crippen LogP contribution is -2.15. The van der Waals surface area contributed by atoms with E-state index < -0.39 is 11.5 Å². The highest BCUT2D eigenvalue weighted by Crippen LogP contribution is 2.23. The molecule has 0 aliphatic rings. The van der Waals surface area contributed by atoms with Crippen molar-refractivity contribution in [2.45, 2.75) is 5.16 Å². The topological polar surface area (TPSA) is 107 Å². The van der Waals surface area contributed by atoms with E-state index in [-0.39, 0.29) is 22.2 Å². The largest absolute Gasteiger partial charge is 0.481 e. The van der Waals surface area contributed by atoms with E-state index in [0.29, 0.717) is 10.6 Å². The normalized spacial score (nSPS) is 10.1. The third-order valence-corrected chi connectivity index (χ3v) is 3.57. The van der Waals surface area contributed by atoms with Gasteiger partial charge in [0.05, 0.1) is 11.4 Å². The smallest absolute Gasteiger partial charge is 0.313 e. The van der Waals surface area contributed by atoms with Crippen LogP contribution in [0.15, 0.2) is 34.2 Å². The van der Waals surface area contributed by atoms with Crippen LogP contribution in [-0.4, -0.2) is 26.8 Å². The van der Waals surface area contributed by atoms with Crippen LogP contribution in [0.4, 0.5) is 0 Å². The van der Waals surface area contributed by atoms with Gasteiger partial charge in [-0.25, -0.2) is 4.98 Å². The van der Waals surface area contributed by atoms with Crippen molar-refractivity contribution in [3.63, 3.8) is 0 Å². The number of hydrogen-bond acceptors (Lipinski definition) is 5. The molecular formula is C13H8ClN3O3S. The molecule has 8 heteroatoms. The van der Waals surface area contributed by atoms with E-state index in [1.807, 2.05) is 0 Å². The number of nitrogens with one attached hydrogen (secondary N) is 1. The lowest BCUT2D eigenvalue weighted by atomic mass is 10.1. The second-order valence-corrected chi connectivity index (χ2v) is 5.30. The lowest BCUT2D eigenvalue weighted by Gasteiger charge is -2.05. The Balaban J connectivity index is 2.52. The number of rotatable bonds is 4. The Hall–Kier alpha value is -2.30. The van der Waals surface area contributed by atoms with Gasteiger partial charge in [0.1, 0.15) is 11.6 Å². The Kier molecular flexibility index (Phi) is 4.62. The molecule has 0 saturated heterocycles. The highest BCUT2D eigenvalue weighted by atomic mass is 35.5. The first-order valence-corrected chi connectivity index (χ1v) is 7.02. The Bertz CT molecular complexity index is 781. The number of aromatic nitrogens is 2. The predicted molar refractivity (Wildman–Crippen MR) is 78.4 cm³/mol. The van der Waals surface area contributed by atoms with Gasteiger partial charge >= 0.3 is 5.97 Å². The van der Waals surface area contributed by atoms with E-state index in [4.69, 9.17) is 22.0 Å². The van der Waals surface area contributed by atoms with Crippen LogP contribution in [0.25, 0.3) is 11.3 Å². The summed E-state index contributed by atoms with van der Waals surface area (Å²) in [4.78, 5) is 29.0. The van der Waals surface area contributed by atoms with Gasteiger partial charge in [-0.15, -0.1) is 0 Å². The average molecular weight is 322 g/mol. The molecule has 106 valence electrons. The summed E-state index contributed by atoms with van der Waals surface area (Å²) < 4.78 is 0. The van der Waals surface area contributed by atoms with Gasteiger partial charge < -0.3 is 10.1 Å². The van der Waals surface area contributed by atoms with Gasteiger partial charge in [-0.1, -0.05) is 35.5 Å². The Morgan fingerprint density at radius 1 is 1.43 bits per heavy atom. The molecule has 2 N–H and O–H groups in total. The van der Waals surface area contributed by atoms with Crippen LogP contribution >= 0.6 is 23.4 Å². The molecule has 6 nitrogen and oxygen atoms in total. The van der Waals surface area contributed by atoms with Crippen molar-refractivity contribution in [3.8, 4) is 17.3 Å². The summed E-state index contributed by atoms with van der Waals surface area (Å²) in [5.74, 6) is -1.27. The molecule has 0 aliphatic heterocycles. The van der Waals surface area contributed by atoms with Gasteiger partial charge in [-0.2, -0.15) is 5.26 Å². The summed E-state index contributed by atoms with van der Waals surface area (Å²) >= 11 is 6.67. The number of hydrogen-bond donors (Lipinski definition) is 2. The number of thioether (sulfide) groups is 1. The number of carboxylic acid groups (broad SMARTS) is 1. The fraction of sp³-hybridized carbons (Fsp3) is 0.0769. The molecule has 0 amide bonds. The van der Waals surface area contributed by atoms with Crippen LogP contribution in [0.5, 0.6) is 0 Å². The first kappa shape index (κ1) is 15.1. The van der Waals surface area contributed by atoms with E-state index in [0.717, 1.165) is 11.8 Å². The third kappa shape index (κ3) is 3.62. The van der Waals surface area contributed by atoms with Gasteiger partial charge in [-0.3, -0.25) is 9.59 Å². The monoisotopic (exact) mass is 321 g/mol. The molecule has 0 saturated carbocycles. The summed E-state index contributed by atoms with van der Waals surface area (Å²) in [6.45, 7) is 0. The number of nitriles is 1. The molecule has 0 radical (unpaired) electrons. The molecule has 2 aromatic rings. The fourth-order valence-electron chi connectivity index (χ4n) is 1.57. The van der Waals surface area contributed by atoms with Crippen LogP contribution in [0.1, 0.15) is 5.56 Å². The van der Waals surface area contributed by atoms with E-state index >= 15 is 0 Å². The molecule has 0 fully saturated rings. The zero-order valence-corrected chi connectivity index (χ0v) is 12.0. The highest BCUT2D eigenvalue weighted by Gasteiger charge is 2.14. The standard InChI is InChI=1S/C13H8ClN3O3S/c14-8-3-1-7(2-4-8)11-9(5-15)12(20)17-13(16-11)21-6-10(18)19/h1-4H,6H2,(H,18,19)(H,16,17,20). The SMILES string of the molecule is N#Cc1c(-c2ccc(Cl)cc2)nc(SCC(=O)O)[nH]c1=O. The van der Waals surface area contributed by atoms with Crippen LogP contribution in [0.3, 0.4) is 0 Å². The third-order valence-electron chi connectivity index (χ3n) is 2.46. The summed E-state index contributed by atoms with van der Waals surface area (Å²) in [6, 6.07) is 8.31. The fourth-order valence-corrected chi connectivity index (χ4v) is 2.28. The second-order valence-electron chi connectivity index (χ2n) is 3.90. The number of aromatic amines is 1. The number of benzene rings is 1. The van der Waals surface area contributed by atoms with Crippen molar-refractivity contribution < 1.29 is 9.90 Å². The van der Waals surface area contributed by atoms with Crippen molar-refractivity contribution in [2.24, 2.45) is 0 Å². The predicted octanol–water partition coefficient (Wildman–Crippen LogP) is 2.14. The summed E-state index contributed by atoms with van der Waals surface area (Å²) in [5.41, 5.74) is 0.0207. The number of carbonyl (C=O) groups is 1. The highest BCUT2D eigenvalue weighted by molar-refractivity contribution is 7.99. The average Bonchev–Trinajstić information content (AvgIpc) is 2.45. The van der Waals surface area contributed by atoms with Crippen molar-refractivity contribution in [1.82, 2.24) is 9.97 Å². The zero-order chi connectivity index (χ0) is 15.4. The molecule has 21 heavy (non-hydrogen) atoms. The summed E-state index contributed by atoms with van der Waals surface area (Å²) in [6.07, 6.45) is 0. The molecule has 1 aromatic heterocycles. The van der Waals surface area contributed by atoms with Crippen molar-refractivity contribution in [1.29, 1.82) is 5.26 Å². The summed E-state index contributed by atoms with van der Waals surface area (Å²) in [7, 11) is 0. The minimum Gasteiger partial charge on any atom is -0.481 e. The molecule has 1 heterocycles. The zero-order valence-electron chi connectivity index (χ0n) is 10.5. The maximum Gasteiger partial charge on any atom is 0.313 e. The molecule has 2 rings (SSSR count). The Morgan fingerprint density at radius 3 is 2.67 bits per heavy atom. The molecule has 0 spiro atoms. The maximum absolute atomic E-state index is 11.9. The van der Waals surface area contributed by atoms with Crippen molar-refractivity contribution >= 4 is 29.3 Å². The van der Waals surface area contributed by atoms with E-state index in [2.05, 4.69) is 9.97 Å². The van der Waals surface area contributed by atoms with Crippen molar-refractivity contribution in [3.05, 3.63) is 45.2 Å². The van der Waals surface area contributed by atoms with Gasteiger partial charge in [-0.05, 0) is 12.1 Å². The molecular weight excluding hydrogens is 314 g/mol. The molecule has 0 atom stereocenters. The molecule has 0 aliphatic carbocycles. The van der Waals surface area contributed by atoms with Crippen LogP contribution < -0.4 is 5.56 Å². The van der Waals surface area contributed by atoms with E-state index in [1.54, 1.807) is 30.3 Å². The van der Waals surface area contributed by atoms with Crippen LogP contribution in [0.2, 0.25) is 5.02 Å². The quantitative estimate of drug-likeness (QED) is 0.660. The Morgan fingerprint density at radius 2 is 2.10 bits per heavy atom. The minimum atomic E-state index is -1.03. The Labute approximate surface area is 128 Å². The number of carboxylic acids is 1. The van der Waals surface area contributed by atoms with Crippen LogP contribution in [-0.2, 0) is 4.79 Å². The van der Waals surface area contributed by atoms with E-state index in [1.165, 1.54) is 0 Å².